The van der Waals surface area contributed by atoms with Crippen LogP contribution in [0.15, 0.2) is 24.3 Å². The summed E-state index contributed by atoms with van der Waals surface area (Å²) in [5, 5.41) is 12.4. The molecule has 6 nitrogen and oxygen atoms in total. The molecule has 0 saturated heterocycles. The van der Waals surface area contributed by atoms with Crippen molar-refractivity contribution in [3.8, 4) is 0 Å². The molecule has 1 aromatic heterocycles. The number of aromatic amines is 1. The van der Waals surface area contributed by atoms with Gasteiger partial charge in [0.15, 0.2) is 6.61 Å². The molecule has 0 unspecified atom stereocenters. The van der Waals surface area contributed by atoms with Crippen LogP contribution in [0.3, 0.4) is 0 Å². The van der Waals surface area contributed by atoms with Gasteiger partial charge in [-0.25, -0.2) is 4.79 Å². The SMILES string of the molecule is Cc1cccc(NC(=O)COC(=O)c2[nH]c(C)c([C@@H](C)O)c2C)c1. The average Bonchev–Trinajstić information content (AvgIpc) is 2.79. The zero-order chi connectivity index (χ0) is 17.9. The Morgan fingerprint density at radius 2 is 2.00 bits per heavy atom. The molecule has 2 aromatic rings. The van der Waals surface area contributed by atoms with Gasteiger partial charge in [0, 0.05) is 16.9 Å². The second-order valence-electron chi connectivity index (χ2n) is 5.83. The number of benzene rings is 1. The van der Waals surface area contributed by atoms with E-state index in [0.717, 1.165) is 5.56 Å². The van der Waals surface area contributed by atoms with E-state index in [-0.39, 0.29) is 12.3 Å². The van der Waals surface area contributed by atoms with Crippen LogP contribution >= 0.6 is 0 Å². The van der Waals surface area contributed by atoms with Gasteiger partial charge in [-0.2, -0.15) is 0 Å². The number of esters is 1. The number of carbonyl (C=O) groups is 2. The van der Waals surface area contributed by atoms with E-state index in [4.69, 9.17) is 4.74 Å². The summed E-state index contributed by atoms with van der Waals surface area (Å²) >= 11 is 0. The molecule has 0 aliphatic rings. The van der Waals surface area contributed by atoms with Crippen molar-refractivity contribution in [3.05, 3.63) is 52.3 Å². The number of amides is 1. The van der Waals surface area contributed by atoms with Gasteiger partial charge >= 0.3 is 5.97 Å². The Bertz CT molecular complexity index is 762. The van der Waals surface area contributed by atoms with Gasteiger partial charge in [-0.3, -0.25) is 4.79 Å². The van der Waals surface area contributed by atoms with Crippen molar-refractivity contribution >= 4 is 17.6 Å². The number of aryl methyl sites for hydroxylation is 2. The molecule has 1 atom stereocenters. The lowest BCUT2D eigenvalue weighted by Gasteiger charge is -2.07. The summed E-state index contributed by atoms with van der Waals surface area (Å²) in [6.07, 6.45) is -0.688. The quantitative estimate of drug-likeness (QED) is 0.735. The Kier molecular flexibility index (Phi) is 5.41. The van der Waals surface area contributed by atoms with Gasteiger partial charge in [0.2, 0.25) is 0 Å². The van der Waals surface area contributed by atoms with Gasteiger partial charge in [-0.15, -0.1) is 0 Å². The molecule has 6 heteroatoms. The number of aliphatic hydroxyl groups is 1. The van der Waals surface area contributed by atoms with E-state index in [1.54, 1.807) is 26.8 Å². The topological polar surface area (TPSA) is 91.4 Å². The fourth-order valence-electron chi connectivity index (χ4n) is 2.72. The minimum atomic E-state index is -0.688. The highest BCUT2D eigenvalue weighted by Crippen LogP contribution is 2.24. The highest BCUT2D eigenvalue weighted by Gasteiger charge is 2.21. The summed E-state index contributed by atoms with van der Waals surface area (Å²) < 4.78 is 5.06. The standard InChI is InChI=1S/C18H22N2O4/c1-10-6-5-7-14(8-10)20-15(22)9-24-18(23)17-11(2)16(13(4)21)12(3)19-17/h5-8,13,19,21H,9H2,1-4H3,(H,20,22)/t13-/m1/s1. The highest BCUT2D eigenvalue weighted by atomic mass is 16.5. The molecule has 0 radical (unpaired) electrons. The number of carbonyl (C=O) groups excluding carboxylic acids is 2. The second kappa shape index (κ2) is 7.31. The first-order valence-corrected chi connectivity index (χ1v) is 7.70. The number of hydrogen-bond acceptors (Lipinski definition) is 4. The van der Waals surface area contributed by atoms with Crippen LogP contribution in [0.4, 0.5) is 5.69 Å². The molecule has 0 aliphatic carbocycles. The van der Waals surface area contributed by atoms with Crippen LogP contribution in [0.5, 0.6) is 0 Å². The van der Waals surface area contributed by atoms with Gasteiger partial charge in [0.25, 0.3) is 5.91 Å². The lowest BCUT2D eigenvalue weighted by atomic mass is 10.1. The van der Waals surface area contributed by atoms with Crippen molar-refractivity contribution < 1.29 is 19.4 Å². The summed E-state index contributed by atoms with van der Waals surface area (Å²) in [6.45, 7) is 6.68. The van der Waals surface area contributed by atoms with E-state index in [1.165, 1.54) is 0 Å². The maximum atomic E-state index is 12.1. The third-order valence-electron chi connectivity index (χ3n) is 3.75. The first-order chi connectivity index (χ1) is 11.3. The maximum absolute atomic E-state index is 12.1. The Morgan fingerprint density at radius 1 is 1.29 bits per heavy atom. The average molecular weight is 330 g/mol. The molecule has 1 amide bonds. The first-order valence-electron chi connectivity index (χ1n) is 7.70. The molecule has 1 heterocycles. The third-order valence-corrected chi connectivity index (χ3v) is 3.75. The fourth-order valence-corrected chi connectivity index (χ4v) is 2.72. The Hall–Kier alpha value is -2.60. The van der Waals surface area contributed by atoms with Crippen LogP contribution in [0, 0.1) is 20.8 Å². The Morgan fingerprint density at radius 3 is 2.58 bits per heavy atom. The fraction of sp³-hybridized carbons (Fsp3) is 0.333. The molecule has 128 valence electrons. The first kappa shape index (κ1) is 17.7. The number of aromatic nitrogens is 1. The highest BCUT2D eigenvalue weighted by molar-refractivity contribution is 5.95. The van der Waals surface area contributed by atoms with Crippen molar-refractivity contribution in [2.24, 2.45) is 0 Å². The molecule has 2 rings (SSSR count). The zero-order valence-electron chi connectivity index (χ0n) is 14.3. The minimum Gasteiger partial charge on any atom is -0.451 e. The molecule has 3 N–H and O–H groups in total. The molecule has 0 saturated carbocycles. The molecule has 0 bridgehead atoms. The van der Waals surface area contributed by atoms with Crippen LogP contribution in [0.2, 0.25) is 0 Å². The number of rotatable bonds is 5. The Labute approximate surface area is 140 Å². The molecule has 0 spiro atoms. The van der Waals surface area contributed by atoms with Crippen molar-refractivity contribution in [2.75, 3.05) is 11.9 Å². The van der Waals surface area contributed by atoms with Crippen molar-refractivity contribution in [1.29, 1.82) is 0 Å². The molecule has 24 heavy (non-hydrogen) atoms. The lowest BCUT2D eigenvalue weighted by Crippen LogP contribution is -2.21. The molecule has 0 fully saturated rings. The minimum absolute atomic E-state index is 0.256. The smallest absolute Gasteiger partial charge is 0.355 e. The van der Waals surface area contributed by atoms with Crippen LogP contribution in [-0.4, -0.2) is 28.6 Å². The van der Waals surface area contributed by atoms with Crippen molar-refractivity contribution in [2.45, 2.75) is 33.8 Å². The van der Waals surface area contributed by atoms with Gasteiger partial charge in [0.05, 0.1) is 6.10 Å². The maximum Gasteiger partial charge on any atom is 0.355 e. The number of ether oxygens (including phenoxy) is 1. The number of aliphatic hydroxyl groups excluding tert-OH is 1. The van der Waals surface area contributed by atoms with Gasteiger partial charge < -0.3 is 20.1 Å². The van der Waals surface area contributed by atoms with E-state index < -0.39 is 18.0 Å². The van der Waals surface area contributed by atoms with Gasteiger partial charge in [-0.05, 0) is 51.0 Å². The number of nitrogens with one attached hydrogen (secondary N) is 2. The lowest BCUT2D eigenvalue weighted by molar-refractivity contribution is -0.119. The number of anilines is 1. The number of hydrogen-bond donors (Lipinski definition) is 3. The van der Waals surface area contributed by atoms with Crippen LogP contribution in [-0.2, 0) is 9.53 Å². The number of H-pyrrole nitrogens is 1. The summed E-state index contributed by atoms with van der Waals surface area (Å²) in [5.41, 5.74) is 3.94. The predicted molar refractivity (Wildman–Crippen MR) is 91.0 cm³/mol. The molecular formula is C18H22N2O4. The van der Waals surface area contributed by atoms with Crippen LogP contribution in [0.25, 0.3) is 0 Å². The van der Waals surface area contributed by atoms with E-state index in [0.29, 0.717) is 22.5 Å². The van der Waals surface area contributed by atoms with Crippen molar-refractivity contribution in [3.63, 3.8) is 0 Å². The predicted octanol–water partition coefficient (Wildman–Crippen LogP) is 2.79. The Balaban J connectivity index is 1.98. The van der Waals surface area contributed by atoms with Crippen LogP contribution in [0.1, 0.15) is 45.9 Å². The van der Waals surface area contributed by atoms with Gasteiger partial charge in [-0.1, -0.05) is 12.1 Å². The summed E-state index contributed by atoms with van der Waals surface area (Å²) in [7, 11) is 0. The summed E-state index contributed by atoms with van der Waals surface area (Å²) in [6, 6.07) is 7.35. The normalized spacial score (nSPS) is 11.9. The second-order valence-corrected chi connectivity index (χ2v) is 5.83. The van der Waals surface area contributed by atoms with Crippen molar-refractivity contribution in [1.82, 2.24) is 4.98 Å². The monoisotopic (exact) mass is 330 g/mol. The molecule has 1 aromatic carbocycles. The van der Waals surface area contributed by atoms with E-state index in [9.17, 15) is 14.7 Å². The molecular weight excluding hydrogens is 308 g/mol. The van der Waals surface area contributed by atoms with E-state index >= 15 is 0 Å². The summed E-state index contributed by atoms with van der Waals surface area (Å²) in [5.74, 6) is -1.03. The third kappa shape index (κ3) is 4.02. The van der Waals surface area contributed by atoms with Crippen LogP contribution < -0.4 is 5.32 Å². The zero-order valence-corrected chi connectivity index (χ0v) is 14.3. The van der Waals surface area contributed by atoms with E-state index in [2.05, 4.69) is 10.3 Å². The van der Waals surface area contributed by atoms with Gasteiger partial charge in [0.1, 0.15) is 5.69 Å². The summed E-state index contributed by atoms with van der Waals surface area (Å²) in [4.78, 5) is 26.9. The largest absolute Gasteiger partial charge is 0.451 e. The molecule has 0 aliphatic heterocycles. The van der Waals surface area contributed by atoms with E-state index in [1.807, 2.05) is 25.1 Å².